The van der Waals surface area contributed by atoms with Crippen LogP contribution >= 0.6 is 0 Å². The first-order chi connectivity index (χ1) is 6.77. The SMILES string of the molecule is C[C@H](N)c1nc(-c2ccncn2)no1. The molecule has 1 atom stereocenters. The summed E-state index contributed by atoms with van der Waals surface area (Å²) in [4.78, 5) is 11.9. The summed E-state index contributed by atoms with van der Waals surface area (Å²) in [6.07, 6.45) is 3.04. The highest BCUT2D eigenvalue weighted by Gasteiger charge is 2.11. The lowest BCUT2D eigenvalue weighted by molar-refractivity contribution is 0.362. The van der Waals surface area contributed by atoms with Crippen molar-refractivity contribution in [2.75, 3.05) is 0 Å². The summed E-state index contributed by atoms with van der Waals surface area (Å²) in [7, 11) is 0. The molecule has 0 aliphatic rings. The topological polar surface area (TPSA) is 90.7 Å². The maximum absolute atomic E-state index is 5.58. The highest BCUT2D eigenvalue weighted by molar-refractivity contribution is 5.46. The van der Waals surface area contributed by atoms with Crippen LogP contribution < -0.4 is 5.73 Å². The quantitative estimate of drug-likeness (QED) is 0.745. The zero-order valence-corrected chi connectivity index (χ0v) is 7.58. The van der Waals surface area contributed by atoms with E-state index < -0.39 is 0 Å². The van der Waals surface area contributed by atoms with Crippen molar-refractivity contribution < 1.29 is 4.52 Å². The van der Waals surface area contributed by atoms with Crippen LogP contribution in [0, 0.1) is 0 Å². The van der Waals surface area contributed by atoms with Gasteiger partial charge in [0.1, 0.15) is 12.0 Å². The van der Waals surface area contributed by atoms with Gasteiger partial charge in [0.25, 0.3) is 0 Å². The molecule has 0 spiro atoms. The molecule has 6 heteroatoms. The number of nitrogens with zero attached hydrogens (tertiary/aromatic N) is 4. The first-order valence-electron chi connectivity index (χ1n) is 4.13. The van der Waals surface area contributed by atoms with Crippen molar-refractivity contribution in [1.82, 2.24) is 20.1 Å². The molecule has 2 aromatic heterocycles. The minimum absolute atomic E-state index is 0.266. The van der Waals surface area contributed by atoms with Gasteiger partial charge in [0.2, 0.25) is 11.7 Å². The Bertz CT molecular complexity index is 411. The fraction of sp³-hybridized carbons (Fsp3) is 0.250. The van der Waals surface area contributed by atoms with Crippen LogP contribution in [0.4, 0.5) is 0 Å². The lowest BCUT2D eigenvalue weighted by Gasteiger charge is -1.93. The van der Waals surface area contributed by atoms with Gasteiger partial charge in [-0.25, -0.2) is 9.97 Å². The van der Waals surface area contributed by atoms with Crippen molar-refractivity contribution >= 4 is 0 Å². The molecule has 0 aliphatic carbocycles. The predicted octanol–water partition coefficient (Wildman–Crippen LogP) is 0.546. The molecule has 2 rings (SSSR count). The van der Waals surface area contributed by atoms with Gasteiger partial charge in [0.05, 0.1) is 6.04 Å². The molecule has 0 bridgehead atoms. The fourth-order valence-corrected chi connectivity index (χ4v) is 0.947. The molecule has 0 saturated carbocycles. The summed E-state index contributed by atoms with van der Waals surface area (Å²) in [5.74, 6) is 0.832. The molecular formula is C8H9N5O. The van der Waals surface area contributed by atoms with E-state index in [4.69, 9.17) is 10.3 Å². The van der Waals surface area contributed by atoms with Gasteiger partial charge in [-0.3, -0.25) is 0 Å². The summed E-state index contributed by atoms with van der Waals surface area (Å²) in [5.41, 5.74) is 6.20. The monoisotopic (exact) mass is 191 g/mol. The normalized spacial score (nSPS) is 12.7. The number of aromatic nitrogens is 4. The highest BCUT2D eigenvalue weighted by Crippen LogP contribution is 2.13. The van der Waals surface area contributed by atoms with Gasteiger partial charge in [0.15, 0.2) is 0 Å². The average molecular weight is 191 g/mol. The molecule has 72 valence electrons. The summed E-state index contributed by atoms with van der Waals surface area (Å²) in [5, 5.41) is 3.75. The molecule has 0 saturated heterocycles. The van der Waals surface area contributed by atoms with E-state index in [1.54, 1.807) is 19.2 Å². The fourth-order valence-electron chi connectivity index (χ4n) is 0.947. The van der Waals surface area contributed by atoms with Gasteiger partial charge < -0.3 is 10.3 Å². The molecule has 2 aromatic rings. The molecule has 0 fully saturated rings. The number of rotatable bonds is 2. The van der Waals surface area contributed by atoms with Crippen LogP contribution in [0.1, 0.15) is 18.9 Å². The minimum Gasteiger partial charge on any atom is -0.337 e. The van der Waals surface area contributed by atoms with Gasteiger partial charge in [-0.15, -0.1) is 0 Å². The predicted molar refractivity (Wildman–Crippen MR) is 47.9 cm³/mol. The Kier molecular flexibility index (Phi) is 2.19. The van der Waals surface area contributed by atoms with E-state index in [2.05, 4.69) is 20.1 Å². The van der Waals surface area contributed by atoms with Crippen LogP contribution in [-0.4, -0.2) is 20.1 Å². The molecule has 0 unspecified atom stereocenters. The Morgan fingerprint density at radius 3 is 2.93 bits per heavy atom. The molecular weight excluding hydrogens is 182 g/mol. The summed E-state index contributed by atoms with van der Waals surface area (Å²) >= 11 is 0. The smallest absolute Gasteiger partial charge is 0.243 e. The van der Waals surface area contributed by atoms with Crippen LogP contribution in [0.5, 0.6) is 0 Å². The molecule has 2 N–H and O–H groups in total. The molecule has 0 aromatic carbocycles. The maximum Gasteiger partial charge on any atom is 0.243 e. The second kappa shape index (κ2) is 3.51. The summed E-state index contributed by atoms with van der Waals surface area (Å²) in [6.45, 7) is 1.78. The van der Waals surface area contributed by atoms with E-state index in [1.807, 2.05) is 0 Å². The van der Waals surface area contributed by atoms with Crippen molar-refractivity contribution in [1.29, 1.82) is 0 Å². The highest BCUT2D eigenvalue weighted by atomic mass is 16.5. The second-order valence-electron chi connectivity index (χ2n) is 2.84. The number of nitrogens with two attached hydrogens (primary N) is 1. The molecule has 0 aliphatic heterocycles. The van der Waals surface area contributed by atoms with E-state index in [0.29, 0.717) is 17.4 Å². The summed E-state index contributed by atoms with van der Waals surface area (Å²) < 4.78 is 4.93. The van der Waals surface area contributed by atoms with Crippen molar-refractivity contribution in [3.8, 4) is 11.5 Å². The minimum atomic E-state index is -0.266. The van der Waals surface area contributed by atoms with E-state index >= 15 is 0 Å². The van der Waals surface area contributed by atoms with Crippen LogP contribution in [0.3, 0.4) is 0 Å². The van der Waals surface area contributed by atoms with E-state index in [-0.39, 0.29) is 6.04 Å². The van der Waals surface area contributed by atoms with Gasteiger partial charge in [-0.05, 0) is 13.0 Å². The molecule has 0 radical (unpaired) electrons. The van der Waals surface area contributed by atoms with Crippen LogP contribution in [0.15, 0.2) is 23.1 Å². The zero-order valence-electron chi connectivity index (χ0n) is 7.58. The third-order valence-corrected chi connectivity index (χ3v) is 1.64. The Balaban J connectivity index is 2.34. The first-order valence-corrected chi connectivity index (χ1v) is 4.13. The van der Waals surface area contributed by atoms with E-state index in [0.717, 1.165) is 0 Å². The third kappa shape index (κ3) is 1.60. The molecule has 14 heavy (non-hydrogen) atoms. The largest absolute Gasteiger partial charge is 0.337 e. The standard InChI is InChI=1S/C8H9N5O/c1-5(9)8-12-7(13-14-8)6-2-3-10-4-11-6/h2-5H,9H2,1H3/t5-/m0/s1. The van der Waals surface area contributed by atoms with Crippen molar-refractivity contribution in [3.63, 3.8) is 0 Å². The maximum atomic E-state index is 5.58. The van der Waals surface area contributed by atoms with E-state index in [1.165, 1.54) is 6.33 Å². The summed E-state index contributed by atoms with van der Waals surface area (Å²) in [6, 6.07) is 1.44. The zero-order chi connectivity index (χ0) is 9.97. The van der Waals surface area contributed by atoms with Gasteiger partial charge >= 0.3 is 0 Å². The van der Waals surface area contributed by atoms with Crippen molar-refractivity contribution in [2.24, 2.45) is 5.73 Å². The van der Waals surface area contributed by atoms with Crippen molar-refractivity contribution in [3.05, 3.63) is 24.5 Å². The van der Waals surface area contributed by atoms with E-state index in [9.17, 15) is 0 Å². The first kappa shape index (κ1) is 8.76. The lowest BCUT2D eigenvalue weighted by atomic mass is 10.3. The average Bonchev–Trinajstić information content (AvgIpc) is 2.68. The van der Waals surface area contributed by atoms with Crippen LogP contribution in [0.2, 0.25) is 0 Å². The number of hydrogen-bond acceptors (Lipinski definition) is 6. The Hall–Kier alpha value is -1.82. The third-order valence-electron chi connectivity index (χ3n) is 1.64. The Morgan fingerprint density at radius 1 is 1.50 bits per heavy atom. The van der Waals surface area contributed by atoms with Crippen LogP contribution in [-0.2, 0) is 0 Å². The molecule has 2 heterocycles. The molecule has 6 nitrogen and oxygen atoms in total. The number of hydrogen-bond donors (Lipinski definition) is 1. The Labute approximate surface area is 80.2 Å². The Morgan fingerprint density at radius 2 is 2.36 bits per heavy atom. The lowest BCUT2D eigenvalue weighted by Crippen LogP contribution is -2.04. The van der Waals surface area contributed by atoms with Gasteiger partial charge in [-0.1, -0.05) is 5.16 Å². The van der Waals surface area contributed by atoms with Crippen LogP contribution in [0.25, 0.3) is 11.5 Å². The van der Waals surface area contributed by atoms with Gasteiger partial charge in [-0.2, -0.15) is 4.98 Å². The molecule has 0 amide bonds. The second-order valence-corrected chi connectivity index (χ2v) is 2.84. The van der Waals surface area contributed by atoms with Crippen molar-refractivity contribution in [2.45, 2.75) is 13.0 Å². The van der Waals surface area contributed by atoms with Gasteiger partial charge in [0, 0.05) is 6.20 Å².